The second-order valence-corrected chi connectivity index (χ2v) is 12.8. The maximum Gasteiger partial charge on any atom is 0.246 e. The van der Waals surface area contributed by atoms with Crippen LogP contribution in [-0.2, 0) is 19.6 Å². The Balaban J connectivity index is 1.36. The molecule has 2 aromatic carbocycles. The number of ether oxygens (including phenoxy) is 1. The second-order valence-electron chi connectivity index (χ2n) is 9.40. The number of halogens is 3. The Hall–Kier alpha value is -2.18. The summed E-state index contributed by atoms with van der Waals surface area (Å²) in [5, 5.41) is 1.15. The minimum absolute atomic E-state index is 0.0248. The van der Waals surface area contributed by atoms with E-state index in [0.29, 0.717) is 29.4 Å². The number of fused-ring (bicyclic) bond motifs is 1. The normalized spacial score (nSPS) is 19.5. The van der Waals surface area contributed by atoms with Crippen molar-refractivity contribution in [1.29, 1.82) is 0 Å². The van der Waals surface area contributed by atoms with Gasteiger partial charge in [-0.15, -0.1) is 0 Å². The highest BCUT2D eigenvalue weighted by Crippen LogP contribution is 2.35. The number of thiazole rings is 1. The molecule has 0 N–H and O–H groups in total. The second kappa shape index (κ2) is 10.5. The van der Waals surface area contributed by atoms with Crippen LogP contribution in [0, 0.1) is 24.5 Å². The van der Waals surface area contributed by atoms with Crippen LogP contribution in [0.3, 0.4) is 0 Å². The Bertz CT molecular complexity index is 1440. The van der Waals surface area contributed by atoms with Gasteiger partial charge >= 0.3 is 0 Å². The molecule has 0 saturated carbocycles. The molecule has 2 fully saturated rings. The van der Waals surface area contributed by atoms with Gasteiger partial charge in [0.1, 0.15) is 16.5 Å². The van der Waals surface area contributed by atoms with Gasteiger partial charge in [0.05, 0.1) is 22.9 Å². The predicted molar refractivity (Wildman–Crippen MR) is 139 cm³/mol. The molecule has 0 bridgehead atoms. The van der Waals surface area contributed by atoms with Crippen molar-refractivity contribution >= 4 is 54.2 Å². The number of hydrogen-bond acceptors (Lipinski definition) is 6. The lowest BCUT2D eigenvalue weighted by atomic mass is 9.96. The SMILES string of the molecule is Cc1cc(Cl)cc2sc(N(CC3CCCO3)C(=O)C3CCN(S(=O)(=O)c4cc(F)ccc4F)CC3)nc12. The van der Waals surface area contributed by atoms with Crippen molar-refractivity contribution in [3.8, 4) is 0 Å². The summed E-state index contributed by atoms with van der Waals surface area (Å²) < 4.78 is 61.6. The van der Waals surface area contributed by atoms with Crippen LogP contribution in [0.5, 0.6) is 0 Å². The summed E-state index contributed by atoms with van der Waals surface area (Å²) in [4.78, 5) is 19.5. The third-order valence-electron chi connectivity index (χ3n) is 6.86. The number of carbonyl (C=O) groups is 1. The van der Waals surface area contributed by atoms with Crippen LogP contribution in [0.1, 0.15) is 31.2 Å². The summed E-state index contributed by atoms with van der Waals surface area (Å²) in [5.41, 5.74) is 1.70. The Kier molecular flexibility index (Phi) is 7.52. The zero-order valence-electron chi connectivity index (χ0n) is 20.1. The summed E-state index contributed by atoms with van der Waals surface area (Å²) in [6.45, 7) is 2.97. The number of nitrogens with zero attached hydrogens (tertiary/aromatic N) is 3. The molecule has 7 nitrogen and oxygen atoms in total. The lowest BCUT2D eigenvalue weighted by Crippen LogP contribution is -2.46. The van der Waals surface area contributed by atoms with Crippen LogP contribution in [-0.4, -0.2) is 56.0 Å². The number of benzene rings is 2. The number of amides is 1. The van der Waals surface area contributed by atoms with Crippen LogP contribution in [0.15, 0.2) is 35.2 Å². The number of aromatic nitrogens is 1. The van der Waals surface area contributed by atoms with Crippen LogP contribution < -0.4 is 4.90 Å². The van der Waals surface area contributed by atoms with Crippen molar-refractivity contribution in [3.63, 3.8) is 0 Å². The topological polar surface area (TPSA) is 79.8 Å². The molecule has 3 aromatic rings. The molecule has 2 saturated heterocycles. The lowest BCUT2D eigenvalue weighted by Gasteiger charge is -2.33. The molecule has 2 aliphatic rings. The van der Waals surface area contributed by atoms with Gasteiger partial charge in [-0.1, -0.05) is 22.9 Å². The molecule has 1 aromatic heterocycles. The number of rotatable bonds is 6. The van der Waals surface area contributed by atoms with Crippen LogP contribution in [0.2, 0.25) is 5.02 Å². The number of anilines is 1. The molecule has 0 spiro atoms. The van der Waals surface area contributed by atoms with E-state index in [2.05, 4.69) is 0 Å². The molecular weight excluding hydrogens is 544 g/mol. The molecule has 37 heavy (non-hydrogen) atoms. The number of piperidine rings is 1. The maximum absolute atomic E-state index is 14.2. The fraction of sp³-hybridized carbons (Fsp3) is 0.440. The van der Waals surface area contributed by atoms with Gasteiger partial charge in [-0.2, -0.15) is 4.31 Å². The summed E-state index contributed by atoms with van der Waals surface area (Å²) in [6, 6.07) is 6.02. The zero-order chi connectivity index (χ0) is 26.3. The largest absolute Gasteiger partial charge is 0.376 e. The van der Waals surface area contributed by atoms with Crippen molar-refractivity contribution in [2.75, 3.05) is 31.1 Å². The highest BCUT2D eigenvalue weighted by Gasteiger charge is 2.37. The van der Waals surface area contributed by atoms with E-state index in [1.807, 2.05) is 19.1 Å². The molecule has 1 unspecified atom stereocenters. The third-order valence-corrected chi connectivity index (χ3v) is 10.0. The summed E-state index contributed by atoms with van der Waals surface area (Å²) in [5.74, 6) is -2.43. The van der Waals surface area contributed by atoms with Gasteiger partial charge in [-0.25, -0.2) is 22.2 Å². The quantitative estimate of drug-likeness (QED) is 0.410. The maximum atomic E-state index is 14.2. The minimum atomic E-state index is -4.23. The van der Waals surface area contributed by atoms with Gasteiger partial charge in [0, 0.05) is 30.6 Å². The predicted octanol–water partition coefficient (Wildman–Crippen LogP) is 5.15. The average Bonchev–Trinajstić information content (AvgIpc) is 3.53. The number of carbonyl (C=O) groups excluding carboxylic acids is 1. The molecule has 198 valence electrons. The van der Waals surface area contributed by atoms with Gasteiger partial charge in [-0.3, -0.25) is 9.69 Å². The van der Waals surface area contributed by atoms with Gasteiger partial charge in [-0.05, 0) is 68.5 Å². The van der Waals surface area contributed by atoms with E-state index >= 15 is 0 Å². The van der Waals surface area contributed by atoms with Crippen LogP contribution in [0.4, 0.5) is 13.9 Å². The van der Waals surface area contributed by atoms with Crippen molar-refractivity contribution < 1.29 is 26.7 Å². The van der Waals surface area contributed by atoms with E-state index in [1.165, 1.54) is 11.3 Å². The van der Waals surface area contributed by atoms with E-state index in [-0.39, 0.29) is 37.9 Å². The zero-order valence-corrected chi connectivity index (χ0v) is 22.5. The standard InChI is InChI=1S/C25H26ClF2N3O4S2/c1-15-11-17(26)12-21-23(15)29-25(36-21)31(14-19-3-2-10-35-19)24(32)16-6-8-30(9-7-16)37(33,34)22-13-18(27)4-5-20(22)28/h4-5,11-13,16,19H,2-3,6-10,14H2,1H3. The van der Waals surface area contributed by atoms with Gasteiger partial charge in [0.15, 0.2) is 5.13 Å². The molecule has 12 heteroatoms. The molecule has 5 rings (SSSR count). The first-order chi connectivity index (χ1) is 17.6. The molecule has 3 heterocycles. The minimum Gasteiger partial charge on any atom is -0.376 e. The molecule has 1 atom stereocenters. The van der Waals surface area contributed by atoms with Crippen molar-refractivity contribution in [2.45, 2.75) is 43.6 Å². The average molecular weight is 570 g/mol. The molecule has 0 aliphatic carbocycles. The van der Waals surface area contributed by atoms with Gasteiger partial charge < -0.3 is 4.74 Å². The summed E-state index contributed by atoms with van der Waals surface area (Å²) in [6.07, 6.45) is 2.18. The Morgan fingerprint density at radius 1 is 1.22 bits per heavy atom. The first-order valence-corrected chi connectivity index (χ1v) is 14.7. The molecule has 2 aliphatic heterocycles. The van der Waals surface area contributed by atoms with Crippen LogP contribution in [0.25, 0.3) is 10.2 Å². The van der Waals surface area contributed by atoms with Crippen molar-refractivity contribution in [2.24, 2.45) is 5.92 Å². The van der Waals surface area contributed by atoms with E-state index in [9.17, 15) is 22.0 Å². The third kappa shape index (κ3) is 5.37. The summed E-state index contributed by atoms with van der Waals surface area (Å²) in [7, 11) is -4.23. The van der Waals surface area contributed by atoms with E-state index in [1.54, 1.807) is 4.90 Å². The van der Waals surface area contributed by atoms with Gasteiger partial charge in [0.2, 0.25) is 15.9 Å². The number of sulfonamides is 1. The Morgan fingerprint density at radius 3 is 2.68 bits per heavy atom. The molecule has 1 amide bonds. The Morgan fingerprint density at radius 2 is 1.97 bits per heavy atom. The van der Waals surface area contributed by atoms with E-state index in [0.717, 1.165) is 45.1 Å². The summed E-state index contributed by atoms with van der Waals surface area (Å²) >= 11 is 7.61. The molecular formula is C25H26ClF2N3O4S2. The van der Waals surface area contributed by atoms with Crippen LogP contribution >= 0.6 is 22.9 Å². The highest BCUT2D eigenvalue weighted by molar-refractivity contribution is 7.89. The smallest absolute Gasteiger partial charge is 0.246 e. The first-order valence-electron chi connectivity index (χ1n) is 12.1. The van der Waals surface area contributed by atoms with Crippen molar-refractivity contribution in [3.05, 3.63) is 52.6 Å². The van der Waals surface area contributed by atoms with Gasteiger partial charge in [0.25, 0.3) is 0 Å². The fourth-order valence-electron chi connectivity index (χ4n) is 4.89. The molecule has 0 radical (unpaired) electrons. The monoisotopic (exact) mass is 569 g/mol. The number of hydrogen-bond donors (Lipinski definition) is 0. The first kappa shape index (κ1) is 26.4. The lowest BCUT2D eigenvalue weighted by molar-refractivity contribution is -0.123. The van der Waals surface area contributed by atoms with Crippen molar-refractivity contribution in [1.82, 2.24) is 9.29 Å². The van der Waals surface area contributed by atoms with E-state index < -0.39 is 32.5 Å². The number of aryl methyl sites for hydroxylation is 1. The fourth-order valence-corrected chi connectivity index (χ4v) is 7.87. The highest BCUT2D eigenvalue weighted by atomic mass is 35.5. The Labute approximate surface area is 223 Å². The van der Waals surface area contributed by atoms with E-state index in [4.69, 9.17) is 21.3 Å².